The van der Waals surface area contributed by atoms with Gasteiger partial charge in [0.1, 0.15) is 17.5 Å². The highest BCUT2D eigenvalue weighted by molar-refractivity contribution is 7.92. The molecule has 0 spiro atoms. The van der Waals surface area contributed by atoms with Crippen LogP contribution in [-0.2, 0) is 14.6 Å². The van der Waals surface area contributed by atoms with Crippen LogP contribution in [0.15, 0.2) is 59.0 Å². The molecule has 1 aromatic carbocycles. The van der Waals surface area contributed by atoms with Crippen molar-refractivity contribution in [1.82, 2.24) is 24.4 Å². The third kappa shape index (κ3) is 5.23. The minimum atomic E-state index is -4.03. The quantitative estimate of drug-likeness (QED) is 0.283. The summed E-state index contributed by atoms with van der Waals surface area (Å²) < 4.78 is 57.9. The van der Waals surface area contributed by atoms with E-state index in [1.165, 1.54) is 44.3 Å². The second-order valence-electron chi connectivity index (χ2n) is 10.7. The average Bonchev–Trinajstić information content (AvgIpc) is 2.97. The van der Waals surface area contributed by atoms with Crippen LogP contribution in [0.1, 0.15) is 26.3 Å². The zero-order valence-corrected chi connectivity index (χ0v) is 26.0. The molecule has 1 saturated heterocycles. The van der Waals surface area contributed by atoms with E-state index in [2.05, 4.69) is 21.5 Å². The van der Waals surface area contributed by atoms with Crippen LogP contribution < -0.4 is 10.6 Å². The van der Waals surface area contributed by atoms with E-state index < -0.39 is 38.0 Å². The van der Waals surface area contributed by atoms with Crippen LogP contribution in [0.25, 0.3) is 28.0 Å². The van der Waals surface area contributed by atoms with Crippen molar-refractivity contribution in [3.8, 4) is 16.9 Å². The number of aromatic nitrogens is 4. The normalized spacial score (nSPS) is 15.7. The van der Waals surface area contributed by atoms with Crippen molar-refractivity contribution in [3.05, 3.63) is 81.9 Å². The predicted octanol–water partition coefficient (Wildman–Crippen LogP) is 4.49. The number of sulfone groups is 1. The molecule has 0 aliphatic carbocycles. The molecule has 0 radical (unpaired) electrons. The van der Waals surface area contributed by atoms with Crippen molar-refractivity contribution >= 4 is 44.2 Å². The molecule has 1 fully saturated rings. The van der Waals surface area contributed by atoms with Crippen molar-refractivity contribution in [2.24, 2.45) is 0 Å². The lowest BCUT2D eigenvalue weighted by molar-refractivity contribution is -0.126. The van der Waals surface area contributed by atoms with Gasteiger partial charge in [0.05, 0.1) is 32.6 Å². The van der Waals surface area contributed by atoms with E-state index in [9.17, 15) is 26.8 Å². The number of hydrogen-bond donors (Lipinski definition) is 0. The second-order valence-corrected chi connectivity index (χ2v) is 13.6. The molecule has 3 aromatic heterocycles. The summed E-state index contributed by atoms with van der Waals surface area (Å²) in [4.78, 5) is 42.7. The van der Waals surface area contributed by atoms with Crippen molar-refractivity contribution in [3.63, 3.8) is 0 Å². The maximum absolute atomic E-state index is 15.0. The zero-order chi connectivity index (χ0) is 32.1. The Hall–Kier alpha value is -4.23. The first-order valence-electron chi connectivity index (χ1n) is 13.7. The summed E-state index contributed by atoms with van der Waals surface area (Å²) in [5, 5.41) is -1.15. The highest BCUT2D eigenvalue weighted by Crippen LogP contribution is 2.37. The number of rotatable bonds is 6. The molecule has 4 aromatic rings. The number of halogens is 3. The molecule has 230 valence electrons. The molecule has 1 amide bonds. The van der Waals surface area contributed by atoms with Gasteiger partial charge in [-0.1, -0.05) is 24.2 Å². The summed E-state index contributed by atoms with van der Waals surface area (Å²) >= 11 is 6.63. The zero-order valence-electron chi connectivity index (χ0n) is 24.4. The molecule has 0 N–H and O–H groups in total. The molecule has 4 heterocycles. The van der Waals surface area contributed by atoms with Gasteiger partial charge in [-0.25, -0.2) is 36.5 Å². The smallest absolute Gasteiger partial charge is 0.350 e. The molecule has 14 heteroatoms. The summed E-state index contributed by atoms with van der Waals surface area (Å²) in [5.41, 5.74) is -1.54. The standard InChI is InChI=1S/C30H29ClF2N6O4S/c1-6-23(40)37-12-13-38(18(5)15-37)27-19-14-20(31)25(24-21(32)8-7-9-22(24)33)35-28(19)39(30(41)36-27)26-17(4)10-11-34-29(26)44(42,43)16(2)3/h6-11,14,16,18H,1,12-13,15H2,2-5H3/t18-/m0/s1. The maximum atomic E-state index is 15.0. The van der Waals surface area contributed by atoms with Gasteiger partial charge in [-0.15, -0.1) is 0 Å². The summed E-state index contributed by atoms with van der Waals surface area (Å²) in [7, 11) is -4.03. The van der Waals surface area contributed by atoms with Crippen molar-refractivity contribution < 1.29 is 22.0 Å². The molecule has 10 nitrogen and oxygen atoms in total. The number of carbonyl (C=O) groups excluding carboxylic acids is 1. The average molecular weight is 643 g/mol. The van der Waals surface area contributed by atoms with E-state index in [0.29, 0.717) is 18.7 Å². The first kappa shape index (κ1) is 31.2. The Morgan fingerprint density at radius 3 is 2.45 bits per heavy atom. The second kappa shape index (κ2) is 11.7. The lowest BCUT2D eigenvalue weighted by Crippen LogP contribution is -2.54. The Bertz CT molecular complexity index is 1980. The van der Waals surface area contributed by atoms with E-state index in [4.69, 9.17) is 11.6 Å². The third-order valence-corrected chi connectivity index (χ3v) is 9.96. The minimum Gasteiger partial charge on any atom is -0.350 e. The number of benzene rings is 1. The molecule has 44 heavy (non-hydrogen) atoms. The number of hydrogen-bond acceptors (Lipinski definition) is 8. The molecule has 1 atom stereocenters. The Kier molecular flexibility index (Phi) is 8.29. The summed E-state index contributed by atoms with van der Waals surface area (Å²) in [6, 6.07) is 5.91. The van der Waals surface area contributed by atoms with Crippen LogP contribution in [-0.4, -0.2) is 69.7 Å². The van der Waals surface area contributed by atoms with E-state index in [1.807, 2.05) is 11.8 Å². The van der Waals surface area contributed by atoms with Crippen LogP contribution in [0.5, 0.6) is 0 Å². The number of anilines is 1. The van der Waals surface area contributed by atoms with Crippen LogP contribution in [0.4, 0.5) is 14.6 Å². The number of nitrogens with zero attached hydrogens (tertiary/aromatic N) is 6. The molecule has 5 rings (SSSR count). The minimum absolute atomic E-state index is 0.0838. The molecule has 0 unspecified atom stereocenters. The Labute approximate surface area is 257 Å². The van der Waals surface area contributed by atoms with Gasteiger partial charge in [0.15, 0.2) is 20.5 Å². The SMILES string of the molecule is C=CC(=O)N1CCN(c2nc(=O)n(-c3c(C)ccnc3S(=O)(=O)C(C)C)c3nc(-c4c(F)cccc4F)c(Cl)cc23)[C@@H](C)C1. The molecular formula is C30H29ClF2N6O4S. The van der Waals surface area contributed by atoms with Gasteiger partial charge < -0.3 is 9.80 Å². The fourth-order valence-electron chi connectivity index (χ4n) is 5.26. The van der Waals surface area contributed by atoms with Crippen LogP contribution in [0.2, 0.25) is 5.02 Å². The van der Waals surface area contributed by atoms with Gasteiger partial charge in [0.2, 0.25) is 5.91 Å². The fourth-order valence-corrected chi connectivity index (χ4v) is 6.68. The lowest BCUT2D eigenvalue weighted by Gasteiger charge is -2.40. The third-order valence-electron chi connectivity index (χ3n) is 7.59. The van der Waals surface area contributed by atoms with Gasteiger partial charge in [0, 0.05) is 31.9 Å². The van der Waals surface area contributed by atoms with E-state index in [-0.39, 0.29) is 56.8 Å². The van der Waals surface area contributed by atoms with Gasteiger partial charge in [0.25, 0.3) is 0 Å². The highest BCUT2D eigenvalue weighted by Gasteiger charge is 2.32. The predicted molar refractivity (Wildman–Crippen MR) is 164 cm³/mol. The maximum Gasteiger partial charge on any atom is 0.355 e. The topological polar surface area (TPSA) is 118 Å². The van der Waals surface area contributed by atoms with Crippen molar-refractivity contribution in [1.29, 1.82) is 0 Å². The van der Waals surface area contributed by atoms with Gasteiger partial charge in [-0.05, 0) is 63.6 Å². The lowest BCUT2D eigenvalue weighted by atomic mass is 10.1. The van der Waals surface area contributed by atoms with Crippen molar-refractivity contribution in [2.45, 2.75) is 44.0 Å². The first-order chi connectivity index (χ1) is 20.8. The monoisotopic (exact) mass is 642 g/mol. The van der Waals surface area contributed by atoms with Gasteiger partial charge in [-0.3, -0.25) is 4.79 Å². The van der Waals surface area contributed by atoms with E-state index in [1.54, 1.807) is 11.8 Å². The number of fused-ring (bicyclic) bond motifs is 1. The summed E-state index contributed by atoms with van der Waals surface area (Å²) in [5.74, 6) is -1.93. The number of amides is 1. The first-order valence-corrected chi connectivity index (χ1v) is 15.7. The highest BCUT2D eigenvalue weighted by atomic mass is 35.5. The van der Waals surface area contributed by atoms with Crippen LogP contribution in [0, 0.1) is 18.6 Å². The van der Waals surface area contributed by atoms with Gasteiger partial charge >= 0.3 is 5.69 Å². The molecule has 1 aliphatic heterocycles. The number of piperazine rings is 1. The van der Waals surface area contributed by atoms with Gasteiger partial charge in [-0.2, -0.15) is 4.98 Å². The van der Waals surface area contributed by atoms with Crippen molar-refractivity contribution in [2.75, 3.05) is 24.5 Å². The molecule has 0 saturated carbocycles. The molecular weight excluding hydrogens is 614 g/mol. The Morgan fingerprint density at radius 2 is 1.84 bits per heavy atom. The molecule has 1 aliphatic rings. The Morgan fingerprint density at radius 1 is 1.16 bits per heavy atom. The number of pyridine rings is 2. The fraction of sp³-hybridized carbons (Fsp3) is 0.300. The number of aryl methyl sites for hydroxylation is 1. The van der Waals surface area contributed by atoms with E-state index in [0.717, 1.165) is 16.7 Å². The molecule has 0 bridgehead atoms. The Balaban J connectivity index is 1.87. The summed E-state index contributed by atoms with van der Waals surface area (Å²) in [6.45, 7) is 10.9. The summed E-state index contributed by atoms with van der Waals surface area (Å²) in [6.07, 6.45) is 2.54. The van der Waals surface area contributed by atoms with Crippen LogP contribution >= 0.6 is 11.6 Å². The van der Waals surface area contributed by atoms with E-state index >= 15 is 0 Å². The largest absolute Gasteiger partial charge is 0.355 e. The van der Waals surface area contributed by atoms with Crippen LogP contribution in [0.3, 0.4) is 0 Å². The number of carbonyl (C=O) groups is 1.